The lowest BCUT2D eigenvalue weighted by Gasteiger charge is -2.22. The van der Waals surface area contributed by atoms with Gasteiger partial charge in [-0.2, -0.15) is 4.98 Å². The first-order valence-electron chi connectivity index (χ1n) is 9.16. The molecule has 178 valence electrons. The molecule has 32 heavy (non-hydrogen) atoms. The number of nitrogen functional groups attached to an aromatic ring is 1. The number of likely N-dealkylation sites (tertiary alicyclic amines) is 1. The second kappa shape index (κ2) is 9.00. The fraction of sp³-hybridized carbons (Fsp3) is 0.571. The van der Waals surface area contributed by atoms with Crippen molar-refractivity contribution in [3.05, 3.63) is 16.7 Å². The van der Waals surface area contributed by atoms with Crippen molar-refractivity contribution in [1.82, 2.24) is 24.4 Å². The molecule has 3 rings (SSSR count). The van der Waals surface area contributed by atoms with Crippen molar-refractivity contribution in [2.45, 2.75) is 24.4 Å². The zero-order chi connectivity index (χ0) is 23.8. The van der Waals surface area contributed by atoms with Gasteiger partial charge in [-0.05, 0) is 0 Å². The van der Waals surface area contributed by atoms with Crippen molar-refractivity contribution in [1.29, 1.82) is 0 Å². The molecule has 2 aromatic heterocycles. The van der Waals surface area contributed by atoms with Crippen LogP contribution in [0.4, 0.5) is 5.95 Å². The summed E-state index contributed by atoms with van der Waals surface area (Å²) < 4.78 is 29.2. The molecule has 0 bridgehead atoms. The van der Waals surface area contributed by atoms with Crippen molar-refractivity contribution in [2.24, 2.45) is 0 Å². The summed E-state index contributed by atoms with van der Waals surface area (Å²) in [7, 11) is -9.24. The van der Waals surface area contributed by atoms with Gasteiger partial charge in [-0.3, -0.25) is 23.7 Å². The molecular formula is C14H22N6O10P2. The molecule has 2 aromatic rings. The highest BCUT2D eigenvalue weighted by molar-refractivity contribution is 7.52. The average Bonchev–Trinajstić information content (AvgIpc) is 3.26. The molecule has 0 aliphatic carbocycles. The Labute approximate surface area is 179 Å². The van der Waals surface area contributed by atoms with Crippen LogP contribution in [0.2, 0.25) is 0 Å². The Balaban J connectivity index is 1.88. The van der Waals surface area contributed by atoms with Gasteiger partial charge in [-0.15, -0.1) is 0 Å². The fourth-order valence-electron chi connectivity index (χ4n) is 3.28. The first-order chi connectivity index (χ1) is 14.8. The van der Waals surface area contributed by atoms with E-state index in [0.717, 1.165) is 0 Å². The van der Waals surface area contributed by atoms with E-state index in [4.69, 9.17) is 30.0 Å². The number of aromatic amines is 1. The second-order valence-corrected chi connectivity index (χ2v) is 10.8. The number of aliphatic hydroxyl groups is 1. The third-order valence-corrected chi connectivity index (χ3v) is 6.59. The van der Waals surface area contributed by atoms with E-state index >= 15 is 0 Å². The molecule has 1 aliphatic rings. The van der Waals surface area contributed by atoms with E-state index in [9.17, 15) is 23.8 Å². The smallest absolute Gasteiger partial charge is 0.356 e. The van der Waals surface area contributed by atoms with Gasteiger partial charge in [0.1, 0.15) is 0 Å². The summed E-state index contributed by atoms with van der Waals surface area (Å²) in [5, 5.41) is 9.61. The number of ether oxygens (including phenoxy) is 1. The van der Waals surface area contributed by atoms with Gasteiger partial charge in [-0.1, -0.05) is 0 Å². The van der Waals surface area contributed by atoms with Gasteiger partial charge >= 0.3 is 15.2 Å². The predicted octanol–water partition coefficient (Wildman–Crippen LogP) is -2.47. The number of fused-ring (bicyclic) bond motifs is 1. The summed E-state index contributed by atoms with van der Waals surface area (Å²) >= 11 is 0. The van der Waals surface area contributed by atoms with Gasteiger partial charge in [0.2, 0.25) is 11.9 Å². The minimum atomic E-state index is -4.84. The van der Waals surface area contributed by atoms with Crippen LogP contribution >= 0.6 is 15.2 Å². The predicted molar refractivity (Wildman–Crippen MR) is 107 cm³/mol. The standard InChI is InChI=1S/C14H22N6O10P2/c15-14-17-12-11(13(23)18-14)16-6-20(12)7-3-19(9(21)1-2-31(24,25)26)4-8(7)30-5-10(22)32(27,28)29/h6-8,10,22H,1-5H2,(H2,24,25,26)(H2,27,28,29)(H3,15,17,18,23). The van der Waals surface area contributed by atoms with Gasteiger partial charge in [0.05, 0.1) is 31.2 Å². The van der Waals surface area contributed by atoms with Crippen LogP contribution in [0.5, 0.6) is 0 Å². The summed E-state index contributed by atoms with van der Waals surface area (Å²) in [5.74, 6) is -2.88. The highest BCUT2D eigenvalue weighted by Gasteiger charge is 2.40. The van der Waals surface area contributed by atoms with E-state index in [1.165, 1.54) is 15.8 Å². The third kappa shape index (κ3) is 5.60. The molecule has 16 nitrogen and oxygen atoms in total. The second-order valence-electron chi connectivity index (χ2n) is 7.22. The number of nitrogens with zero attached hydrogens (tertiary/aromatic N) is 4. The highest BCUT2D eigenvalue weighted by atomic mass is 31.2. The van der Waals surface area contributed by atoms with Crippen LogP contribution in [0, 0.1) is 0 Å². The van der Waals surface area contributed by atoms with Crippen LogP contribution in [0.1, 0.15) is 12.5 Å². The number of nitrogens with two attached hydrogens (primary N) is 1. The molecule has 1 amide bonds. The Bertz CT molecular complexity index is 1150. The van der Waals surface area contributed by atoms with Crippen LogP contribution < -0.4 is 11.3 Å². The SMILES string of the molecule is Nc1nc2c(ncn2C2CN(C(=O)CCP(=O)(O)O)CC2OCC(O)P(=O)(O)O)c(=O)[nH]1. The maximum Gasteiger partial charge on any atom is 0.356 e. The van der Waals surface area contributed by atoms with Crippen LogP contribution in [0.25, 0.3) is 11.2 Å². The van der Waals surface area contributed by atoms with Gasteiger partial charge in [0.25, 0.3) is 5.56 Å². The lowest BCUT2D eigenvalue weighted by atomic mass is 10.2. The van der Waals surface area contributed by atoms with E-state index in [2.05, 4.69) is 15.0 Å². The quantitative estimate of drug-likeness (QED) is 0.187. The topological polar surface area (TPSA) is 254 Å². The zero-order valence-electron chi connectivity index (χ0n) is 16.4. The molecule has 0 aromatic carbocycles. The molecule has 1 saturated heterocycles. The Morgan fingerprint density at radius 3 is 2.62 bits per heavy atom. The monoisotopic (exact) mass is 496 g/mol. The molecule has 8 N–H and O–H groups in total. The van der Waals surface area contributed by atoms with E-state index in [-0.39, 0.29) is 30.2 Å². The van der Waals surface area contributed by atoms with E-state index in [1.807, 2.05) is 0 Å². The van der Waals surface area contributed by atoms with Crippen LogP contribution in [-0.4, -0.2) is 92.8 Å². The summed E-state index contributed by atoms with van der Waals surface area (Å²) in [6.07, 6.45) is -0.757. The summed E-state index contributed by atoms with van der Waals surface area (Å²) in [6.45, 7) is -0.911. The Kier molecular flexibility index (Phi) is 6.88. The number of imidazole rings is 1. The minimum Gasteiger partial charge on any atom is -0.378 e. The molecule has 18 heteroatoms. The van der Waals surface area contributed by atoms with Crippen LogP contribution in [-0.2, 0) is 18.7 Å². The largest absolute Gasteiger partial charge is 0.378 e. The Hall–Kier alpha value is -2.16. The average molecular weight is 496 g/mol. The summed E-state index contributed by atoms with van der Waals surface area (Å²) in [6, 6.07) is -0.753. The van der Waals surface area contributed by atoms with Crippen molar-refractivity contribution in [3.8, 4) is 0 Å². The van der Waals surface area contributed by atoms with E-state index in [0.29, 0.717) is 0 Å². The normalized spacial score (nSPS) is 20.7. The number of carbonyl (C=O) groups is 1. The Morgan fingerprint density at radius 2 is 2.00 bits per heavy atom. The lowest BCUT2D eigenvalue weighted by Crippen LogP contribution is -2.31. The molecule has 0 saturated carbocycles. The van der Waals surface area contributed by atoms with Crippen molar-refractivity contribution < 1.29 is 43.3 Å². The number of hydrogen-bond acceptors (Lipinski definition) is 9. The van der Waals surface area contributed by atoms with Gasteiger partial charge < -0.3 is 44.6 Å². The number of carbonyl (C=O) groups excluding carboxylic acids is 1. The number of anilines is 1. The molecule has 1 aliphatic heterocycles. The van der Waals surface area contributed by atoms with Crippen LogP contribution in [0.3, 0.4) is 0 Å². The lowest BCUT2D eigenvalue weighted by molar-refractivity contribution is -0.130. The Morgan fingerprint density at radius 1 is 1.31 bits per heavy atom. The van der Waals surface area contributed by atoms with Crippen molar-refractivity contribution in [3.63, 3.8) is 0 Å². The van der Waals surface area contributed by atoms with Gasteiger partial charge in [0.15, 0.2) is 17.0 Å². The van der Waals surface area contributed by atoms with Crippen LogP contribution in [0.15, 0.2) is 11.1 Å². The van der Waals surface area contributed by atoms with Crippen molar-refractivity contribution >= 4 is 38.2 Å². The fourth-order valence-corrected chi connectivity index (χ4v) is 4.05. The maximum atomic E-state index is 12.5. The number of H-pyrrole nitrogens is 1. The molecule has 1 fully saturated rings. The molecule has 3 atom stereocenters. The molecule has 0 radical (unpaired) electrons. The number of nitrogens with one attached hydrogen (secondary N) is 1. The van der Waals surface area contributed by atoms with Gasteiger partial charge in [0, 0.05) is 19.5 Å². The van der Waals surface area contributed by atoms with Crippen molar-refractivity contribution in [2.75, 3.05) is 31.6 Å². The number of amides is 1. The number of aliphatic hydroxyl groups excluding tert-OH is 1. The molecule has 3 unspecified atom stereocenters. The number of aromatic nitrogens is 4. The molecular weight excluding hydrogens is 474 g/mol. The zero-order valence-corrected chi connectivity index (χ0v) is 18.2. The molecule has 3 heterocycles. The summed E-state index contributed by atoms with van der Waals surface area (Å²) in [4.78, 5) is 72.2. The number of hydrogen-bond donors (Lipinski definition) is 7. The van der Waals surface area contributed by atoms with E-state index in [1.54, 1.807) is 0 Å². The third-order valence-electron chi connectivity index (χ3n) is 4.86. The summed E-state index contributed by atoms with van der Waals surface area (Å²) in [5.41, 5.74) is 5.02. The first-order valence-corrected chi connectivity index (χ1v) is 12.6. The van der Waals surface area contributed by atoms with Gasteiger partial charge in [-0.25, -0.2) is 4.98 Å². The highest BCUT2D eigenvalue weighted by Crippen LogP contribution is 2.40. The van der Waals surface area contributed by atoms with E-state index < -0.39 is 63.8 Å². The maximum absolute atomic E-state index is 12.5. The minimum absolute atomic E-state index is 0.0421. The first kappa shape index (κ1) is 24.5. The molecule has 0 spiro atoms. The number of rotatable bonds is 8.